The largest absolute Gasteiger partial charge is 0.509 e. The van der Waals surface area contributed by atoms with Crippen molar-refractivity contribution in [2.24, 2.45) is 0 Å². The van der Waals surface area contributed by atoms with E-state index in [2.05, 4.69) is 0 Å². The minimum absolute atomic E-state index is 0.286. The molecule has 0 aromatic heterocycles. The molecule has 0 fully saturated rings. The number of ether oxygens (including phenoxy) is 1. The van der Waals surface area contributed by atoms with Crippen molar-refractivity contribution in [3.8, 4) is 5.75 Å². The third kappa shape index (κ3) is 3.70. The van der Waals surface area contributed by atoms with E-state index in [1.807, 2.05) is 12.1 Å². The summed E-state index contributed by atoms with van der Waals surface area (Å²) in [5.41, 5.74) is 0.759. The van der Waals surface area contributed by atoms with E-state index < -0.39 is 12.4 Å². The Bertz CT molecular complexity index is 596. The van der Waals surface area contributed by atoms with Gasteiger partial charge in [-0.15, -0.1) is 5.46 Å². The molecule has 0 radical (unpaired) electrons. The molecular formula is C14H12BClF3O-. The van der Waals surface area contributed by atoms with Gasteiger partial charge in [0.25, 0.3) is 0 Å². The van der Waals surface area contributed by atoms with E-state index in [9.17, 15) is 12.9 Å². The van der Waals surface area contributed by atoms with Crippen molar-refractivity contribution in [1.29, 1.82) is 0 Å². The first-order chi connectivity index (χ1) is 9.36. The van der Waals surface area contributed by atoms with Crippen molar-refractivity contribution in [3.63, 3.8) is 0 Å². The molecule has 2 aromatic rings. The normalized spacial score (nSPS) is 11.4. The second-order valence-corrected chi connectivity index (χ2v) is 4.95. The van der Waals surface area contributed by atoms with Crippen LogP contribution in [0.3, 0.4) is 0 Å². The third-order valence-corrected chi connectivity index (χ3v) is 3.14. The minimum atomic E-state index is -4.97. The Morgan fingerprint density at radius 3 is 2.25 bits per heavy atom. The van der Waals surface area contributed by atoms with E-state index in [0.29, 0.717) is 16.3 Å². The molecule has 2 rings (SSSR count). The van der Waals surface area contributed by atoms with Crippen LogP contribution in [0.15, 0.2) is 42.5 Å². The van der Waals surface area contributed by atoms with Gasteiger partial charge in [-0.25, -0.2) is 0 Å². The van der Waals surface area contributed by atoms with E-state index in [1.165, 1.54) is 6.07 Å². The van der Waals surface area contributed by atoms with Crippen molar-refractivity contribution >= 4 is 24.0 Å². The zero-order chi connectivity index (χ0) is 14.8. The number of hydrogen-bond donors (Lipinski definition) is 0. The molecule has 0 bridgehead atoms. The van der Waals surface area contributed by atoms with Crippen molar-refractivity contribution in [1.82, 2.24) is 0 Å². The van der Waals surface area contributed by atoms with Crippen LogP contribution in [0.5, 0.6) is 5.75 Å². The van der Waals surface area contributed by atoms with Crippen molar-refractivity contribution in [2.45, 2.75) is 13.5 Å². The minimum Gasteiger partial charge on any atom is -0.489 e. The van der Waals surface area contributed by atoms with Gasteiger partial charge in [-0.05, 0) is 36.2 Å². The molecule has 0 N–H and O–H groups in total. The molecule has 0 aliphatic rings. The summed E-state index contributed by atoms with van der Waals surface area (Å²) in [5, 5.41) is 0.627. The average Bonchev–Trinajstić information content (AvgIpc) is 2.38. The Kier molecular flexibility index (Phi) is 4.28. The molecule has 0 atom stereocenters. The Morgan fingerprint density at radius 1 is 1.05 bits per heavy atom. The van der Waals surface area contributed by atoms with Crippen LogP contribution in [0.4, 0.5) is 12.9 Å². The molecule has 0 amide bonds. The fourth-order valence-corrected chi connectivity index (χ4v) is 1.91. The first-order valence-electron chi connectivity index (χ1n) is 6.04. The summed E-state index contributed by atoms with van der Waals surface area (Å²) in [6.07, 6.45) is 0. The topological polar surface area (TPSA) is 9.23 Å². The molecule has 0 unspecified atom stereocenters. The Labute approximate surface area is 120 Å². The average molecular weight is 300 g/mol. The van der Waals surface area contributed by atoms with Gasteiger partial charge in [0.2, 0.25) is 0 Å². The van der Waals surface area contributed by atoms with Crippen LogP contribution in [-0.2, 0) is 6.61 Å². The lowest BCUT2D eigenvalue weighted by Gasteiger charge is -2.17. The molecular weight excluding hydrogens is 287 g/mol. The second kappa shape index (κ2) is 5.79. The number of halogens is 4. The molecule has 0 saturated carbocycles. The lowest BCUT2D eigenvalue weighted by Crippen LogP contribution is -2.34. The second-order valence-electron chi connectivity index (χ2n) is 4.51. The van der Waals surface area contributed by atoms with E-state index in [1.54, 1.807) is 19.1 Å². The van der Waals surface area contributed by atoms with Crippen molar-refractivity contribution < 1.29 is 17.7 Å². The Morgan fingerprint density at radius 2 is 1.70 bits per heavy atom. The molecule has 0 spiro atoms. The highest BCUT2D eigenvalue weighted by Gasteiger charge is 2.25. The maximum Gasteiger partial charge on any atom is 0.509 e. The van der Waals surface area contributed by atoms with Gasteiger partial charge in [-0.1, -0.05) is 35.9 Å². The van der Waals surface area contributed by atoms with Crippen LogP contribution in [0, 0.1) is 6.92 Å². The third-order valence-electron chi connectivity index (χ3n) is 2.88. The van der Waals surface area contributed by atoms with Gasteiger partial charge in [0.15, 0.2) is 0 Å². The summed E-state index contributed by atoms with van der Waals surface area (Å²) in [5.74, 6) is 0.448. The van der Waals surface area contributed by atoms with E-state index in [4.69, 9.17) is 16.3 Å². The maximum atomic E-state index is 12.6. The lowest BCUT2D eigenvalue weighted by atomic mass is 9.79. The molecule has 0 aliphatic heterocycles. The predicted molar refractivity (Wildman–Crippen MR) is 75.7 cm³/mol. The molecule has 0 aliphatic carbocycles. The molecule has 0 saturated heterocycles. The quantitative estimate of drug-likeness (QED) is 0.766. The summed E-state index contributed by atoms with van der Waals surface area (Å²) in [6, 6.07) is 10.6. The summed E-state index contributed by atoms with van der Waals surface area (Å²) in [6.45, 7) is -3.09. The van der Waals surface area contributed by atoms with Crippen LogP contribution >= 0.6 is 11.6 Å². The summed E-state index contributed by atoms with van der Waals surface area (Å²) >= 11 is 5.77. The van der Waals surface area contributed by atoms with Gasteiger partial charge < -0.3 is 17.7 Å². The fraction of sp³-hybridized carbons (Fsp3) is 0.143. The molecule has 106 valence electrons. The number of benzene rings is 2. The van der Waals surface area contributed by atoms with Gasteiger partial charge in [-0.3, -0.25) is 0 Å². The van der Waals surface area contributed by atoms with E-state index in [-0.39, 0.29) is 6.61 Å². The van der Waals surface area contributed by atoms with Gasteiger partial charge in [-0.2, -0.15) is 0 Å². The van der Waals surface area contributed by atoms with Crippen molar-refractivity contribution in [2.75, 3.05) is 0 Å². The number of rotatable bonds is 4. The first kappa shape index (κ1) is 14.8. The van der Waals surface area contributed by atoms with Gasteiger partial charge in [0.05, 0.1) is 0 Å². The van der Waals surface area contributed by atoms with E-state index in [0.717, 1.165) is 17.7 Å². The van der Waals surface area contributed by atoms with Crippen LogP contribution in [0.2, 0.25) is 5.02 Å². The molecule has 0 heterocycles. The van der Waals surface area contributed by atoms with Gasteiger partial charge in [0.1, 0.15) is 12.4 Å². The highest BCUT2D eigenvalue weighted by molar-refractivity contribution is 6.73. The SMILES string of the molecule is Cc1cc([B-](F)(F)F)ccc1OCc1ccc(Cl)cc1. The number of aryl methyl sites for hydroxylation is 1. The molecule has 6 heteroatoms. The van der Waals surface area contributed by atoms with Gasteiger partial charge in [0, 0.05) is 5.02 Å². The smallest absolute Gasteiger partial charge is 0.489 e. The molecule has 1 nitrogen and oxygen atoms in total. The van der Waals surface area contributed by atoms with Gasteiger partial charge >= 0.3 is 6.98 Å². The van der Waals surface area contributed by atoms with Crippen LogP contribution < -0.4 is 10.2 Å². The molecule has 20 heavy (non-hydrogen) atoms. The standard InChI is InChI=1S/C14H12BClF3O/c1-10-8-12(15(17,18)19)4-7-14(10)20-9-11-2-5-13(16)6-3-11/h2-8H,9H2,1H3/q-1. The highest BCUT2D eigenvalue weighted by Crippen LogP contribution is 2.20. The zero-order valence-electron chi connectivity index (χ0n) is 10.7. The Balaban J connectivity index is 2.08. The fourth-order valence-electron chi connectivity index (χ4n) is 1.78. The summed E-state index contributed by atoms with van der Waals surface area (Å²) < 4.78 is 43.3. The monoisotopic (exact) mass is 299 g/mol. The summed E-state index contributed by atoms with van der Waals surface area (Å²) in [4.78, 5) is 0. The highest BCUT2D eigenvalue weighted by atomic mass is 35.5. The summed E-state index contributed by atoms with van der Waals surface area (Å²) in [7, 11) is 0. The van der Waals surface area contributed by atoms with Crippen LogP contribution in [-0.4, -0.2) is 6.98 Å². The van der Waals surface area contributed by atoms with Crippen molar-refractivity contribution in [3.05, 3.63) is 58.6 Å². The maximum absolute atomic E-state index is 12.6. The van der Waals surface area contributed by atoms with E-state index >= 15 is 0 Å². The van der Waals surface area contributed by atoms with Crippen LogP contribution in [0.1, 0.15) is 11.1 Å². The first-order valence-corrected chi connectivity index (χ1v) is 6.42. The predicted octanol–water partition coefficient (Wildman–Crippen LogP) is 4.28. The Hall–Kier alpha value is -1.62. The van der Waals surface area contributed by atoms with Crippen LogP contribution in [0.25, 0.3) is 0 Å². The number of hydrogen-bond acceptors (Lipinski definition) is 1. The lowest BCUT2D eigenvalue weighted by molar-refractivity contribution is 0.304. The molecule has 2 aromatic carbocycles. The zero-order valence-corrected chi connectivity index (χ0v) is 11.5.